The van der Waals surface area contributed by atoms with Crippen molar-refractivity contribution in [3.63, 3.8) is 0 Å². The zero-order valence-electron chi connectivity index (χ0n) is 22.7. The molecular weight excluding hydrogens is 645 g/mol. The molecule has 4 heterocycles. The van der Waals surface area contributed by atoms with Crippen molar-refractivity contribution in [1.82, 2.24) is 19.5 Å². The fraction of sp³-hybridized carbons (Fsp3) is 0.188. The number of alkyl halides is 1. The lowest BCUT2D eigenvalue weighted by Crippen LogP contribution is -2.15. The second kappa shape index (κ2) is 11.9. The summed E-state index contributed by atoms with van der Waals surface area (Å²) in [4.78, 5) is 20.4. The first-order valence-electron chi connectivity index (χ1n) is 13.8. The van der Waals surface area contributed by atoms with Gasteiger partial charge in [-0.25, -0.2) is 4.52 Å². The molecule has 5 aromatic rings. The van der Waals surface area contributed by atoms with Gasteiger partial charge < -0.3 is 19.5 Å². The summed E-state index contributed by atoms with van der Waals surface area (Å²) in [6.45, 7) is 2.54. The molecule has 3 aromatic carbocycles. The number of benzene rings is 3. The smallest absolute Gasteiger partial charge is 0.247 e. The largest absolute Gasteiger partial charge is 0.484 e. The molecular formula is C32H28IN5O4. The molecule has 9 nitrogen and oxygen atoms in total. The van der Waals surface area contributed by atoms with Crippen LogP contribution in [0.4, 0.5) is 11.6 Å². The first kappa shape index (κ1) is 26.6. The minimum atomic E-state index is -0.105. The third-order valence-corrected chi connectivity index (χ3v) is 9.01. The lowest BCUT2D eigenvalue weighted by atomic mass is 10.00. The molecule has 0 bridgehead atoms. The first-order chi connectivity index (χ1) is 20.7. The standard InChI is InChI=1S/C32H28IN5O4/c39-31(24-9-14-28-29(18-24)42-21-41-28)23-6-3-5-22(17-23)27-7-4-8-30-35-32(36-38(27)30)34-25-10-12-26(13-11-25)40-20-33-19-37-15-1-2-16-37/h3-14,17-19H,1-2,15-16,20-21H2,(H,34,36). The van der Waals surface area contributed by atoms with E-state index in [4.69, 9.17) is 19.3 Å². The summed E-state index contributed by atoms with van der Waals surface area (Å²) in [5.41, 5.74) is 4.36. The monoisotopic (exact) mass is 673 g/mol. The zero-order chi connectivity index (χ0) is 28.3. The highest BCUT2D eigenvalue weighted by atomic mass is 127. The Hall–Kier alpha value is -4.29. The van der Waals surface area contributed by atoms with Crippen molar-refractivity contribution in [2.45, 2.75) is 12.8 Å². The van der Waals surface area contributed by atoms with Crippen LogP contribution in [0.2, 0.25) is 0 Å². The summed E-state index contributed by atoms with van der Waals surface area (Å²) in [6.07, 6.45) is 2.60. The number of rotatable bonds is 9. The van der Waals surface area contributed by atoms with Gasteiger partial charge in [0, 0.05) is 39.6 Å². The number of pyridine rings is 1. The predicted molar refractivity (Wildman–Crippen MR) is 171 cm³/mol. The van der Waals surface area contributed by atoms with Crippen LogP contribution in [0.3, 0.4) is 0 Å². The van der Waals surface area contributed by atoms with E-state index in [1.165, 1.54) is 25.9 Å². The molecule has 2 aromatic heterocycles. The number of nitrogens with zero attached hydrogens (tertiary/aromatic N) is 4. The molecule has 0 aliphatic carbocycles. The molecule has 0 amide bonds. The van der Waals surface area contributed by atoms with Crippen LogP contribution >= 0.6 is 20.7 Å². The van der Waals surface area contributed by atoms with Crippen LogP contribution in [0.25, 0.3) is 16.9 Å². The van der Waals surface area contributed by atoms with Crippen molar-refractivity contribution in [2.24, 2.45) is 0 Å². The summed E-state index contributed by atoms with van der Waals surface area (Å²) in [7, 11) is 0. The van der Waals surface area contributed by atoms with Crippen molar-refractivity contribution in [2.75, 3.05) is 29.8 Å². The van der Waals surface area contributed by atoms with E-state index in [-0.39, 0.29) is 33.3 Å². The Morgan fingerprint density at radius 3 is 2.62 bits per heavy atom. The van der Waals surface area contributed by atoms with Crippen LogP contribution in [0, 0.1) is 0 Å². The van der Waals surface area contributed by atoms with Crippen LogP contribution in [0.5, 0.6) is 17.2 Å². The molecule has 0 unspecified atom stereocenters. The second-order valence-electron chi connectivity index (χ2n) is 9.99. The topological polar surface area (TPSA) is 90.2 Å². The van der Waals surface area contributed by atoms with E-state index < -0.39 is 0 Å². The van der Waals surface area contributed by atoms with Crippen molar-refractivity contribution < 1.29 is 19.0 Å². The highest BCUT2D eigenvalue weighted by molar-refractivity contribution is 14.2. The minimum Gasteiger partial charge on any atom is -0.484 e. The number of hydrogen-bond acceptors (Lipinski definition) is 8. The maximum absolute atomic E-state index is 13.3. The minimum absolute atomic E-state index is 0.0951. The normalized spacial score (nSPS) is 14.8. The first-order valence-corrected chi connectivity index (χ1v) is 16.5. The average Bonchev–Trinajstić information content (AvgIpc) is 3.80. The van der Waals surface area contributed by atoms with Crippen molar-refractivity contribution in [3.05, 3.63) is 96.1 Å². The number of likely N-dealkylation sites (tertiary alicyclic amines) is 1. The van der Waals surface area contributed by atoms with Gasteiger partial charge in [0.2, 0.25) is 12.7 Å². The maximum Gasteiger partial charge on any atom is 0.247 e. The molecule has 10 heteroatoms. The van der Waals surface area contributed by atoms with Crippen LogP contribution < -0.4 is 19.5 Å². The fourth-order valence-corrected chi connectivity index (χ4v) is 6.84. The summed E-state index contributed by atoms with van der Waals surface area (Å²) in [5, 5.41) is 8.02. The van der Waals surface area contributed by atoms with E-state index in [1.807, 2.05) is 66.7 Å². The zero-order valence-corrected chi connectivity index (χ0v) is 24.9. The Morgan fingerprint density at radius 2 is 1.74 bits per heavy atom. The van der Waals surface area contributed by atoms with Crippen LogP contribution in [-0.4, -0.2) is 53.9 Å². The van der Waals surface area contributed by atoms with Gasteiger partial charge in [-0.3, -0.25) is 9.69 Å². The molecule has 1 saturated heterocycles. The average molecular weight is 674 g/mol. The molecule has 2 aliphatic heterocycles. The number of aromatic nitrogens is 3. The lowest BCUT2D eigenvalue weighted by molar-refractivity contribution is 0.103. The fourth-order valence-electron chi connectivity index (χ4n) is 5.02. The van der Waals surface area contributed by atoms with Crippen LogP contribution in [-0.2, 0) is 0 Å². The predicted octanol–water partition coefficient (Wildman–Crippen LogP) is 6.26. The van der Waals surface area contributed by atoms with Gasteiger partial charge in [-0.05, 0) is 73.5 Å². The van der Waals surface area contributed by atoms with Gasteiger partial charge in [0.15, 0.2) is 22.9 Å². The third kappa shape index (κ3) is 5.72. The Kier molecular flexibility index (Phi) is 7.54. The van der Waals surface area contributed by atoms with Gasteiger partial charge >= 0.3 is 0 Å². The molecule has 0 radical (unpaired) electrons. The van der Waals surface area contributed by atoms with E-state index in [0.29, 0.717) is 34.2 Å². The second-order valence-corrected chi connectivity index (χ2v) is 12.1. The van der Waals surface area contributed by atoms with Crippen molar-refractivity contribution in [1.29, 1.82) is 0 Å². The Bertz CT molecular complexity index is 1780. The molecule has 1 N–H and O–H groups in total. The highest BCUT2D eigenvalue weighted by Gasteiger charge is 2.18. The van der Waals surface area contributed by atoms with Crippen molar-refractivity contribution >= 4 is 47.9 Å². The van der Waals surface area contributed by atoms with Gasteiger partial charge in [0.05, 0.1) is 5.69 Å². The number of ether oxygens (including phenoxy) is 3. The van der Waals surface area contributed by atoms with E-state index >= 15 is 0 Å². The number of halogens is 1. The molecule has 0 spiro atoms. The summed E-state index contributed by atoms with van der Waals surface area (Å²) in [5.74, 6) is 2.47. The Balaban J connectivity index is 1.06. The number of ketones is 1. The number of carbonyl (C=O) groups excluding carboxylic acids is 1. The molecule has 1 fully saturated rings. The molecule has 7 rings (SSSR count). The number of carbonyl (C=O) groups is 1. The van der Waals surface area contributed by atoms with Gasteiger partial charge in [-0.1, -0.05) is 45.0 Å². The van der Waals surface area contributed by atoms with Crippen LogP contribution in [0.15, 0.2) is 84.9 Å². The van der Waals surface area contributed by atoms with Gasteiger partial charge in [-0.2, -0.15) is 4.98 Å². The number of nitrogens with one attached hydrogen (secondary N) is 1. The van der Waals surface area contributed by atoms with Gasteiger partial charge in [0.1, 0.15) is 10.4 Å². The molecule has 42 heavy (non-hydrogen) atoms. The van der Waals surface area contributed by atoms with E-state index in [9.17, 15) is 4.79 Å². The molecule has 212 valence electrons. The number of anilines is 2. The van der Waals surface area contributed by atoms with Gasteiger partial charge in [-0.15, -0.1) is 5.10 Å². The van der Waals surface area contributed by atoms with Gasteiger partial charge in [0.25, 0.3) is 0 Å². The lowest BCUT2D eigenvalue weighted by Gasteiger charge is -2.08. The summed E-state index contributed by atoms with van der Waals surface area (Å²) in [6, 6.07) is 26.4. The van der Waals surface area contributed by atoms with Crippen molar-refractivity contribution in [3.8, 4) is 28.5 Å². The maximum atomic E-state index is 13.3. The molecule has 0 saturated carbocycles. The van der Waals surface area contributed by atoms with Crippen LogP contribution in [0.1, 0.15) is 28.8 Å². The highest BCUT2D eigenvalue weighted by Crippen LogP contribution is 2.33. The Labute approximate surface area is 252 Å². The summed E-state index contributed by atoms with van der Waals surface area (Å²) < 4.78 is 21.7. The third-order valence-electron chi connectivity index (χ3n) is 7.16. The quantitative estimate of drug-likeness (QED) is 0.112. The van der Waals surface area contributed by atoms with E-state index in [1.54, 1.807) is 22.7 Å². The van der Waals surface area contributed by atoms with E-state index in [2.05, 4.69) is 19.3 Å². The SMILES string of the molecule is O=C(c1cccc(-c2cccc3nc(Nc4ccc(OCI=CN5CCCC5)cc4)nn23)c1)c1ccc2c(c1)OCO2. The number of hydrogen-bond donors (Lipinski definition) is 1. The summed E-state index contributed by atoms with van der Waals surface area (Å²) >= 11 is -0.105. The number of fused-ring (bicyclic) bond motifs is 2. The Morgan fingerprint density at radius 1 is 0.929 bits per heavy atom. The molecule has 2 aliphatic rings. The molecule has 0 atom stereocenters. The van der Waals surface area contributed by atoms with E-state index in [0.717, 1.165) is 27.3 Å².